The first kappa shape index (κ1) is 27.1. The maximum Gasteiger partial charge on any atom is 0.410 e. The van der Waals surface area contributed by atoms with Crippen molar-refractivity contribution in [2.24, 2.45) is 0 Å². The molecule has 2 saturated heterocycles. The molecule has 2 aliphatic rings. The number of carbonyl (C=O) groups is 1. The van der Waals surface area contributed by atoms with Crippen LogP contribution in [0.2, 0.25) is 5.15 Å². The molecule has 0 aliphatic carbocycles. The summed E-state index contributed by atoms with van der Waals surface area (Å²) < 4.78 is 17.7. The summed E-state index contributed by atoms with van der Waals surface area (Å²) >= 11 is 5.95. The van der Waals surface area contributed by atoms with E-state index in [1.165, 1.54) is 0 Å². The van der Waals surface area contributed by atoms with Gasteiger partial charge in [-0.1, -0.05) is 17.7 Å². The Kier molecular flexibility index (Phi) is 8.81. The number of anilines is 2. The number of piperazine rings is 1. The van der Waals surface area contributed by atoms with Gasteiger partial charge in [0, 0.05) is 57.1 Å². The highest BCUT2D eigenvalue weighted by Crippen LogP contribution is 2.28. The second-order valence-corrected chi connectivity index (χ2v) is 10.8. The molecule has 0 saturated carbocycles. The van der Waals surface area contributed by atoms with E-state index in [-0.39, 0.29) is 23.2 Å². The van der Waals surface area contributed by atoms with Gasteiger partial charge in [-0.3, -0.25) is 4.90 Å². The topological polar surface area (TPSA) is 106 Å². The largest absolute Gasteiger partial charge is 0.492 e. The average molecular weight is 533 g/mol. The Morgan fingerprint density at radius 2 is 1.92 bits per heavy atom. The van der Waals surface area contributed by atoms with Gasteiger partial charge in [-0.25, -0.2) is 4.79 Å². The van der Waals surface area contributed by atoms with Gasteiger partial charge in [0.2, 0.25) is 0 Å². The Balaban J connectivity index is 1.23. The van der Waals surface area contributed by atoms with Crippen molar-refractivity contribution in [2.45, 2.75) is 45.3 Å². The number of carbonyl (C=O) groups excluding carboxylic acids is 1. The molecule has 3 heterocycles. The number of amides is 1. The van der Waals surface area contributed by atoms with Gasteiger partial charge in [-0.15, -0.1) is 10.2 Å². The minimum absolute atomic E-state index is 0.0276. The lowest BCUT2D eigenvalue weighted by Crippen LogP contribution is -2.50. The molecular weight excluding hydrogens is 496 g/mol. The van der Waals surface area contributed by atoms with E-state index >= 15 is 0 Å². The van der Waals surface area contributed by atoms with Gasteiger partial charge in [0.1, 0.15) is 24.1 Å². The second-order valence-electron chi connectivity index (χ2n) is 10.4. The molecule has 0 radical (unpaired) electrons. The quantitative estimate of drug-likeness (QED) is 0.571. The molecule has 2 fully saturated rings. The Bertz CT molecular complexity index is 1060. The number of nitrogens with zero attached hydrogens (tertiary/aromatic N) is 5. The van der Waals surface area contributed by atoms with Crippen molar-refractivity contribution in [3.8, 4) is 11.5 Å². The van der Waals surface area contributed by atoms with Gasteiger partial charge in [0.25, 0.3) is 0 Å². The highest BCUT2D eigenvalue weighted by Gasteiger charge is 2.26. The van der Waals surface area contributed by atoms with Gasteiger partial charge < -0.3 is 29.7 Å². The minimum Gasteiger partial charge on any atom is -0.492 e. The predicted molar refractivity (Wildman–Crippen MR) is 144 cm³/mol. The van der Waals surface area contributed by atoms with Gasteiger partial charge >= 0.3 is 6.09 Å². The van der Waals surface area contributed by atoms with Crippen LogP contribution in [0.3, 0.4) is 0 Å². The second kappa shape index (κ2) is 12.0. The molecule has 4 rings (SSSR count). The summed E-state index contributed by atoms with van der Waals surface area (Å²) in [6, 6.07) is 9.76. The Labute approximate surface area is 223 Å². The summed E-state index contributed by atoms with van der Waals surface area (Å²) in [6.07, 6.45) is 1.65. The fraction of sp³-hybridized carbons (Fsp3) is 0.577. The van der Waals surface area contributed by atoms with Crippen molar-refractivity contribution >= 4 is 29.2 Å². The highest BCUT2D eigenvalue weighted by atomic mass is 35.5. The maximum absolute atomic E-state index is 12.3. The number of nitrogen functional groups attached to an aromatic ring is 1. The van der Waals surface area contributed by atoms with Crippen molar-refractivity contribution in [3.63, 3.8) is 0 Å². The van der Waals surface area contributed by atoms with Gasteiger partial charge in [-0.2, -0.15) is 0 Å². The van der Waals surface area contributed by atoms with E-state index in [0.717, 1.165) is 57.0 Å². The van der Waals surface area contributed by atoms with Crippen LogP contribution in [0.25, 0.3) is 0 Å². The Morgan fingerprint density at radius 1 is 1.14 bits per heavy atom. The molecule has 10 nitrogen and oxygen atoms in total. The fourth-order valence-electron chi connectivity index (χ4n) is 4.45. The van der Waals surface area contributed by atoms with Crippen LogP contribution in [0.1, 0.15) is 33.6 Å². The number of benzene rings is 1. The van der Waals surface area contributed by atoms with Gasteiger partial charge in [0.15, 0.2) is 16.7 Å². The third-order valence-electron chi connectivity index (χ3n) is 6.31. The van der Waals surface area contributed by atoms with Crippen LogP contribution in [-0.4, -0.2) is 90.2 Å². The zero-order valence-electron chi connectivity index (χ0n) is 21.9. The monoisotopic (exact) mass is 532 g/mol. The van der Waals surface area contributed by atoms with Crippen molar-refractivity contribution in [2.75, 3.05) is 63.1 Å². The molecule has 2 N–H and O–H groups in total. The average Bonchev–Trinajstić information content (AvgIpc) is 2.86. The number of rotatable bonds is 7. The van der Waals surface area contributed by atoms with E-state index < -0.39 is 5.60 Å². The smallest absolute Gasteiger partial charge is 0.410 e. The Hall–Kier alpha value is -2.98. The van der Waals surface area contributed by atoms with Crippen molar-refractivity contribution in [1.82, 2.24) is 20.0 Å². The number of piperidine rings is 1. The van der Waals surface area contributed by atoms with Crippen LogP contribution in [0.15, 0.2) is 30.3 Å². The highest BCUT2D eigenvalue weighted by molar-refractivity contribution is 6.29. The molecule has 202 valence electrons. The molecule has 11 heteroatoms. The molecule has 1 amide bonds. The first-order valence-electron chi connectivity index (χ1n) is 12.8. The molecule has 0 bridgehead atoms. The lowest BCUT2D eigenvalue weighted by atomic mass is 10.1. The molecule has 1 aromatic heterocycles. The molecule has 0 spiro atoms. The third-order valence-corrected chi connectivity index (χ3v) is 6.50. The van der Waals surface area contributed by atoms with E-state index in [1.807, 2.05) is 32.9 Å². The van der Waals surface area contributed by atoms with E-state index in [0.29, 0.717) is 25.4 Å². The molecule has 2 aromatic rings. The van der Waals surface area contributed by atoms with Gasteiger partial charge in [-0.05, 0) is 45.7 Å². The molecule has 1 atom stereocenters. The number of nitrogens with two attached hydrogens (primary N) is 1. The first-order valence-corrected chi connectivity index (χ1v) is 13.2. The van der Waals surface area contributed by atoms with Crippen LogP contribution < -0.4 is 20.1 Å². The number of ether oxygens (including phenoxy) is 3. The van der Waals surface area contributed by atoms with E-state index in [4.69, 9.17) is 31.5 Å². The third kappa shape index (κ3) is 8.00. The Morgan fingerprint density at radius 3 is 2.68 bits per heavy atom. The summed E-state index contributed by atoms with van der Waals surface area (Å²) in [7, 11) is 0. The molecular formula is C26H37ClN6O4. The summed E-state index contributed by atoms with van der Waals surface area (Å²) in [5, 5.41) is 7.83. The minimum atomic E-state index is -0.474. The number of hydrogen-bond donors (Lipinski definition) is 1. The SMILES string of the molecule is CC(C)(C)OC(=O)N1CCN(CCOc2cccc(N3CCCC(Oc4cc(Cl)nnc4N)C3)c2)CC1. The van der Waals surface area contributed by atoms with Gasteiger partial charge in [0.05, 0.1) is 6.54 Å². The van der Waals surface area contributed by atoms with Crippen LogP contribution in [0.4, 0.5) is 16.3 Å². The molecule has 1 unspecified atom stereocenters. The summed E-state index contributed by atoms with van der Waals surface area (Å²) in [5.74, 6) is 1.54. The number of hydrogen-bond acceptors (Lipinski definition) is 9. The van der Waals surface area contributed by atoms with Crippen LogP contribution >= 0.6 is 11.6 Å². The molecule has 2 aliphatic heterocycles. The van der Waals surface area contributed by atoms with E-state index in [2.05, 4.69) is 32.1 Å². The number of aromatic nitrogens is 2. The summed E-state index contributed by atoms with van der Waals surface area (Å²) in [5.41, 5.74) is 6.52. The zero-order chi connectivity index (χ0) is 26.4. The first-order chi connectivity index (χ1) is 17.7. The van der Waals surface area contributed by atoms with E-state index in [1.54, 1.807) is 11.0 Å². The fourth-order valence-corrected chi connectivity index (χ4v) is 4.58. The zero-order valence-corrected chi connectivity index (χ0v) is 22.6. The van der Waals surface area contributed by atoms with Crippen molar-refractivity contribution in [3.05, 3.63) is 35.5 Å². The van der Waals surface area contributed by atoms with Crippen LogP contribution in [0, 0.1) is 0 Å². The summed E-state index contributed by atoms with van der Waals surface area (Å²) in [4.78, 5) is 18.6. The summed E-state index contributed by atoms with van der Waals surface area (Å²) in [6.45, 7) is 11.6. The van der Waals surface area contributed by atoms with Crippen molar-refractivity contribution in [1.29, 1.82) is 0 Å². The van der Waals surface area contributed by atoms with Crippen LogP contribution in [0.5, 0.6) is 11.5 Å². The lowest BCUT2D eigenvalue weighted by Gasteiger charge is -2.35. The normalized spacial score (nSPS) is 19.0. The standard InChI is InChI=1S/C26H37ClN6O4/c1-26(2,3)37-25(34)32-12-10-31(11-13-32)14-15-35-20-7-4-6-19(16-20)33-9-5-8-21(18-33)36-22-17-23(27)29-30-24(22)28/h4,6-7,16-17,21H,5,8-15,18H2,1-3H3,(H2,28,30). The molecule has 1 aromatic carbocycles. The predicted octanol–water partition coefficient (Wildman–Crippen LogP) is 3.69. The van der Waals surface area contributed by atoms with E-state index in [9.17, 15) is 4.79 Å². The molecule has 37 heavy (non-hydrogen) atoms. The van der Waals surface area contributed by atoms with Crippen molar-refractivity contribution < 1.29 is 19.0 Å². The lowest BCUT2D eigenvalue weighted by molar-refractivity contribution is 0.0137. The maximum atomic E-state index is 12.3. The number of halogens is 1. The van der Waals surface area contributed by atoms with Crippen LogP contribution in [-0.2, 0) is 4.74 Å².